The van der Waals surface area contributed by atoms with E-state index in [4.69, 9.17) is 42.3 Å². The summed E-state index contributed by atoms with van der Waals surface area (Å²) < 4.78 is 11.5. The normalized spacial score (nSPS) is 15.7. The first-order valence-corrected chi connectivity index (χ1v) is 11.6. The number of carbonyl (C=O) groups excluding carboxylic acids is 1. The molecular weight excluding hydrogens is 495 g/mol. The van der Waals surface area contributed by atoms with Crippen molar-refractivity contribution in [2.75, 3.05) is 26.2 Å². The van der Waals surface area contributed by atoms with E-state index in [1.165, 1.54) is 0 Å². The van der Waals surface area contributed by atoms with Gasteiger partial charge < -0.3 is 19.6 Å². The van der Waals surface area contributed by atoms with Gasteiger partial charge in [0, 0.05) is 38.6 Å². The van der Waals surface area contributed by atoms with Crippen molar-refractivity contribution in [3.8, 4) is 11.5 Å². The minimum atomic E-state index is -0.250. The first kappa shape index (κ1) is 26.6. The number of aryl methyl sites for hydroxylation is 1. The average Bonchev–Trinajstić information content (AvgIpc) is 3.21. The third-order valence-corrected chi connectivity index (χ3v) is 6.01. The zero-order valence-corrected chi connectivity index (χ0v) is 20.6. The van der Waals surface area contributed by atoms with Gasteiger partial charge in [-0.2, -0.15) is 0 Å². The SMILES string of the molecule is Cc1oc(-c2cccnc2)nc1CC(=O)NC[C@H]1CN(Cc2ccc(Cl)c(Cl)c2)CCO1.O=CO. The van der Waals surface area contributed by atoms with Gasteiger partial charge in [-0.15, -0.1) is 0 Å². The van der Waals surface area contributed by atoms with Crippen LogP contribution in [0.4, 0.5) is 0 Å². The largest absolute Gasteiger partial charge is 0.483 e. The number of nitrogens with one attached hydrogen (secondary N) is 1. The molecule has 0 radical (unpaired) electrons. The molecule has 0 aliphatic carbocycles. The Balaban J connectivity index is 0.00000108. The van der Waals surface area contributed by atoms with Crippen LogP contribution in [0.3, 0.4) is 0 Å². The van der Waals surface area contributed by atoms with Gasteiger partial charge in [-0.05, 0) is 36.8 Å². The smallest absolute Gasteiger partial charge is 0.290 e. The first-order valence-electron chi connectivity index (χ1n) is 10.9. The number of hydrogen-bond donors (Lipinski definition) is 2. The van der Waals surface area contributed by atoms with Crippen molar-refractivity contribution < 1.29 is 23.8 Å². The van der Waals surface area contributed by atoms with Crippen molar-refractivity contribution in [2.24, 2.45) is 0 Å². The highest BCUT2D eigenvalue weighted by Gasteiger charge is 2.22. The summed E-state index contributed by atoms with van der Waals surface area (Å²) >= 11 is 12.1. The molecule has 0 spiro atoms. The van der Waals surface area contributed by atoms with Crippen LogP contribution in [0.5, 0.6) is 0 Å². The maximum absolute atomic E-state index is 12.5. The van der Waals surface area contributed by atoms with Gasteiger partial charge in [-0.1, -0.05) is 29.3 Å². The highest BCUT2D eigenvalue weighted by atomic mass is 35.5. The molecule has 35 heavy (non-hydrogen) atoms. The van der Waals surface area contributed by atoms with Crippen molar-refractivity contribution in [2.45, 2.75) is 26.0 Å². The molecule has 11 heteroatoms. The highest BCUT2D eigenvalue weighted by Crippen LogP contribution is 2.24. The lowest BCUT2D eigenvalue weighted by Crippen LogP contribution is -2.47. The number of pyridine rings is 1. The molecule has 9 nitrogen and oxygen atoms in total. The molecule has 4 rings (SSSR count). The zero-order chi connectivity index (χ0) is 25.2. The van der Waals surface area contributed by atoms with E-state index in [1.54, 1.807) is 19.3 Å². The molecule has 1 aliphatic rings. The Morgan fingerprint density at radius 2 is 2.11 bits per heavy atom. The molecule has 186 valence electrons. The van der Waals surface area contributed by atoms with Gasteiger partial charge in [-0.25, -0.2) is 4.98 Å². The number of carboxylic acid groups (broad SMARTS) is 1. The summed E-state index contributed by atoms with van der Waals surface area (Å²) in [4.78, 5) is 31.7. The number of nitrogens with zero attached hydrogens (tertiary/aromatic N) is 3. The van der Waals surface area contributed by atoms with Crippen LogP contribution >= 0.6 is 23.2 Å². The van der Waals surface area contributed by atoms with Crippen LogP contribution in [-0.4, -0.2) is 64.7 Å². The van der Waals surface area contributed by atoms with E-state index >= 15 is 0 Å². The molecule has 1 atom stereocenters. The van der Waals surface area contributed by atoms with Crippen molar-refractivity contribution in [1.29, 1.82) is 0 Å². The summed E-state index contributed by atoms with van der Waals surface area (Å²) in [5.74, 6) is 0.969. The van der Waals surface area contributed by atoms with Crippen LogP contribution in [0.15, 0.2) is 47.1 Å². The lowest BCUT2D eigenvalue weighted by atomic mass is 10.2. The van der Waals surface area contributed by atoms with Crippen LogP contribution in [0.25, 0.3) is 11.5 Å². The Labute approximate surface area is 213 Å². The average molecular weight is 521 g/mol. The van der Waals surface area contributed by atoms with E-state index in [1.807, 2.05) is 30.3 Å². The van der Waals surface area contributed by atoms with Gasteiger partial charge in [0.05, 0.1) is 40.4 Å². The zero-order valence-electron chi connectivity index (χ0n) is 19.1. The van der Waals surface area contributed by atoms with Crippen LogP contribution in [-0.2, 0) is 27.3 Å². The maximum Gasteiger partial charge on any atom is 0.290 e. The van der Waals surface area contributed by atoms with Gasteiger partial charge >= 0.3 is 0 Å². The minimum Gasteiger partial charge on any atom is -0.483 e. The van der Waals surface area contributed by atoms with Gasteiger partial charge in [0.2, 0.25) is 11.8 Å². The molecule has 0 unspecified atom stereocenters. The van der Waals surface area contributed by atoms with E-state index in [9.17, 15) is 4.79 Å². The fourth-order valence-corrected chi connectivity index (χ4v) is 3.91. The fourth-order valence-electron chi connectivity index (χ4n) is 3.59. The van der Waals surface area contributed by atoms with Crippen LogP contribution in [0.2, 0.25) is 10.0 Å². The summed E-state index contributed by atoms with van der Waals surface area (Å²) in [6.07, 6.45) is 3.43. The van der Waals surface area contributed by atoms with E-state index in [0.717, 1.165) is 24.2 Å². The Morgan fingerprint density at radius 1 is 1.31 bits per heavy atom. The van der Waals surface area contributed by atoms with Crippen LogP contribution in [0.1, 0.15) is 17.0 Å². The first-order chi connectivity index (χ1) is 16.9. The fraction of sp³-hybridized carbons (Fsp3) is 0.333. The van der Waals surface area contributed by atoms with Crippen molar-refractivity contribution >= 4 is 35.6 Å². The molecule has 1 aliphatic heterocycles. The Morgan fingerprint density at radius 3 is 2.83 bits per heavy atom. The van der Waals surface area contributed by atoms with Crippen LogP contribution < -0.4 is 5.32 Å². The van der Waals surface area contributed by atoms with Crippen molar-refractivity contribution in [1.82, 2.24) is 20.2 Å². The molecular formula is C24H26Cl2N4O5. The third-order valence-electron chi connectivity index (χ3n) is 5.27. The topological polar surface area (TPSA) is 118 Å². The summed E-state index contributed by atoms with van der Waals surface area (Å²) in [6.45, 7) is 4.89. The standard InChI is InChI=1S/C23H24Cl2N4O3.CH2O2/c1-15-21(28-23(32-15)17-3-2-6-26-11-17)10-22(30)27-12-18-14-29(7-8-31-18)13-16-4-5-19(24)20(25)9-16;2-1-3/h2-6,9,11,18H,7-8,10,12-14H2,1H3,(H,27,30);1H,(H,2,3)/t18-;/m0./s1. The summed E-state index contributed by atoms with van der Waals surface area (Å²) in [6, 6.07) is 9.35. The number of ether oxygens (including phenoxy) is 1. The molecule has 2 N–H and O–H groups in total. The number of amides is 1. The molecule has 1 saturated heterocycles. The Hall–Kier alpha value is -2.98. The molecule has 3 aromatic rings. The van der Waals surface area contributed by atoms with Gasteiger partial charge in [0.15, 0.2) is 0 Å². The predicted octanol–water partition coefficient (Wildman–Crippen LogP) is 3.61. The number of halogens is 2. The molecule has 3 heterocycles. The van der Waals surface area contributed by atoms with Crippen LogP contribution in [0, 0.1) is 6.92 Å². The summed E-state index contributed by atoms with van der Waals surface area (Å²) in [5.41, 5.74) is 2.49. The second-order valence-corrected chi connectivity index (χ2v) is 8.64. The number of morpholine rings is 1. The van der Waals surface area contributed by atoms with Crippen molar-refractivity contribution in [3.63, 3.8) is 0 Å². The van der Waals surface area contributed by atoms with E-state index in [0.29, 0.717) is 47.1 Å². The number of rotatable bonds is 7. The Kier molecular flexibility index (Phi) is 10.0. The monoisotopic (exact) mass is 520 g/mol. The molecule has 0 bridgehead atoms. The lowest BCUT2D eigenvalue weighted by Gasteiger charge is -2.33. The van der Waals surface area contributed by atoms with Crippen molar-refractivity contribution in [3.05, 3.63) is 69.8 Å². The number of benzene rings is 1. The predicted molar refractivity (Wildman–Crippen MR) is 131 cm³/mol. The van der Waals surface area contributed by atoms with Gasteiger partial charge in [0.1, 0.15) is 5.76 Å². The summed E-state index contributed by atoms with van der Waals surface area (Å²) in [7, 11) is 0. The third kappa shape index (κ3) is 8.03. The maximum atomic E-state index is 12.5. The van der Waals surface area contributed by atoms with Gasteiger partial charge in [0.25, 0.3) is 6.47 Å². The minimum absolute atomic E-state index is 0.0835. The molecule has 1 amide bonds. The van der Waals surface area contributed by atoms with Gasteiger partial charge in [-0.3, -0.25) is 19.5 Å². The second-order valence-electron chi connectivity index (χ2n) is 7.83. The van der Waals surface area contributed by atoms with E-state index < -0.39 is 0 Å². The summed E-state index contributed by atoms with van der Waals surface area (Å²) in [5, 5.41) is 10.9. The lowest BCUT2D eigenvalue weighted by molar-refractivity contribution is -0.123. The quantitative estimate of drug-likeness (QED) is 0.453. The molecule has 1 aromatic carbocycles. The molecule has 0 saturated carbocycles. The second kappa shape index (κ2) is 13.2. The Bertz CT molecular complexity index is 1130. The highest BCUT2D eigenvalue weighted by molar-refractivity contribution is 6.42. The molecule has 1 fully saturated rings. The number of carbonyl (C=O) groups is 2. The molecule has 2 aromatic heterocycles. The van der Waals surface area contributed by atoms with E-state index in [2.05, 4.69) is 20.2 Å². The number of aromatic nitrogens is 2. The number of hydrogen-bond acceptors (Lipinski definition) is 7. The number of oxazole rings is 1. The van der Waals surface area contributed by atoms with E-state index in [-0.39, 0.29) is 24.9 Å².